The first kappa shape index (κ1) is 14.6. The van der Waals surface area contributed by atoms with Gasteiger partial charge >= 0.3 is 6.18 Å². The number of halogens is 3. The van der Waals surface area contributed by atoms with Crippen LogP contribution in [0, 0.1) is 0 Å². The van der Waals surface area contributed by atoms with Gasteiger partial charge in [-0.1, -0.05) is 18.2 Å². The van der Waals surface area contributed by atoms with Crippen LogP contribution < -0.4 is 0 Å². The number of rotatable bonds is 2. The smallest absolute Gasteiger partial charge is 0.279 e. The normalized spacial score (nSPS) is 12.1. The number of fused-ring (bicyclic) bond motifs is 2. The molecule has 0 amide bonds. The Balaban J connectivity index is 1.76. The summed E-state index contributed by atoms with van der Waals surface area (Å²) in [5.74, 6) is 0. The molecule has 3 aromatic heterocycles. The second-order valence-electron chi connectivity index (χ2n) is 5.46. The van der Waals surface area contributed by atoms with Gasteiger partial charge in [0.1, 0.15) is 11.0 Å². The van der Waals surface area contributed by atoms with Crippen molar-refractivity contribution in [1.82, 2.24) is 20.2 Å². The molecule has 4 aromatic rings. The van der Waals surface area contributed by atoms with E-state index in [2.05, 4.69) is 20.2 Å². The van der Waals surface area contributed by atoms with E-state index in [4.69, 9.17) is 0 Å². The highest BCUT2D eigenvalue weighted by molar-refractivity contribution is 5.85. The van der Waals surface area contributed by atoms with E-state index in [0.717, 1.165) is 22.3 Å². The van der Waals surface area contributed by atoms with E-state index < -0.39 is 11.9 Å². The van der Waals surface area contributed by atoms with E-state index in [1.54, 1.807) is 30.5 Å². The van der Waals surface area contributed by atoms with Crippen LogP contribution in [0.1, 0.15) is 17.0 Å². The Kier molecular flexibility index (Phi) is 3.23. The average Bonchev–Trinajstić information content (AvgIpc) is 2.96. The van der Waals surface area contributed by atoms with Crippen LogP contribution in [-0.4, -0.2) is 20.2 Å². The van der Waals surface area contributed by atoms with Gasteiger partial charge in [-0.3, -0.25) is 15.1 Å². The Labute approximate surface area is 134 Å². The molecule has 0 fully saturated rings. The van der Waals surface area contributed by atoms with Gasteiger partial charge in [0.15, 0.2) is 5.69 Å². The van der Waals surface area contributed by atoms with Crippen molar-refractivity contribution in [2.75, 3.05) is 0 Å². The number of nitrogens with zero attached hydrogens (tertiary/aromatic N) is 3. The Hall–Kier alpha value is -2.96. The quantitative estimate of drug-likeness (QED) is 0.602. The predicted octanol–water partition coefficient (Wildman–Crippen LogP) is 4.12. The molecule has 4 rings (SSSR count). The van der Waals surface area contributed by atoms with Gasteiger partial charge in [-0.05, 0) is 29.1 Å². The molecule has 0 aliphatic rings. The third kappa shape index (κ3) is 2.47. The van der Waals surface area contributed by atoms with E-state index >= 15 is 0 Å². The molecule has 0 unspecified atom stereocenters. The lowest BCUT2D eigenvalue weighted by Crippen LogP contribution is -2.08. The Bertz CT molecular complexity index is 1040. The molecule has 0 bridgehead atoms. The van der Waals surface area contributed by atoms with Gasteiger partial charge in [-0.2, -0.15) is 18.3 Å². The molecule has 0 saturated carbocycles. The van der Waals surface area contributed by atoms with Crippen molar-refractivity contribution >= 4 is 21.8 Å². The standard InChI is InChI=1S/C17H11F3N4/c18-17(19,20)16-12-4-3-10(8-11(12)5-7-22-16)9-14-15-13(23-24-14)2-1-6-21-15/h1-8H,9H2,(H,23,24). The third-order valence-electron chi connectivity index (χ3n) is 3.86. The predicted molar refractivity (Wildman–Crippen MR) is 83.4 cm³/mol. The molecule has 120 valence electrons. The van der Waals surface area contributed by atoms with Crippen LogP contribution in [0.15, 0.2) is 48.8 Å². The summed E-state index contributed by atoms with van der Waals surface area (Å²) in [5.41, 5.74) is 2.37. The molecular weight excluding hydrogens is 317 g/mol. The number of aromatic amines is 1. The summed E-state index contributed by atoms with van der Waals surface area (Å²) >= 11 is 0. The van der Waals surface area contributed by atoms with Gasteiger partial charge in [0, 0.05) is 24.2 Å². The van der Waals surface area contributed by atoms with E-state index in [1.807, 2.05) is 6.07 Å². The fourth-order valence-corrected chi connectivity index (χ4v) is 2.79. The van der Waals surface area contributed by atoms with Crippen molar-refractivity contribution in [1.29, 1.82) is 0 Å². The number of H-pyrrole nitrogens is 1. The lowest BCUT2D eigenvalue weighted by Gasteiger charge is -2.10. The van der Waals surface area contributed by atoms with Gasteiger partial charge in [0.05, 0.1) is 5.69 Å². The summed E-state index contributed by atoms with van der Waals surface area (Å²) in [5, 5.41) is 7.72. The maximum absolute atomic E-state index is 13.0. The number of pyridine rings is 2. The number of hydrogen-bond donors (Lipinski definition) is 1. The second kappa shape index (κ2) is 5.30. The highest BCUT2D eigenvalue weighted by atomic mass is 19.4. The lowest BCUT2D eigenvalue weighted by molar-refractivity contribution is -0.139. The van der Waals surface area contributed by atoms with Crippen molar-refractivity contribution in [3.63, 3.8) is 0 Å². The van der Waals surface area contributed by atoms with Crippen LogP contribution in [0.25, 0.3) is 21.8 Å². The zero-order valence-corrected chi connectivity index (χ0v) is 12.3. The molecule has 0 atom stereocenters. The van der Waals surface area contributed by atoms with Crippen molar-refractivity contribution in [3.8, 4) is 0 Å². The van der Waals surface area contributed by atoms with Crippen LogP contribution in [-0.2, 0) is 12.6 Å². The number of nitrogens with one attached hydrogen (secondary N) is 1. The second-order valence-corrected chi connectivity index (χ2v) is 5.46. The highest BCUT2D eigenvalue weighted by Crippen LogP contribution is 2.33. The van der Waals surface area contributed by atoms with Crippen molar-refractivity contribution in [2.45, 2.75) is 12.6 Å². The summed E-state index contributed by atoms with van der Waals surface area (Å²) in [4.78, 5) is 7.77. The summed E-state index contributed by atoms with van der Waals surface area (Å²) < 4.78 is 39.0. The van der Waals surface area contributed by atoms with Gasteiger partial charge in [0.25, 0.3) is 0 Å². The number of aromatic nitrogens is 4. The van der Waals surface area contributed by atoms with Gasteiger partial charge in [-0.25, -0.2) is 0 Å². The van der Waals surface area contributed by atoms with Crippen LogP contribution in [0.2, 0.25) is 0 Å². The topological polar surface area (TPSA) is 54.5 Å². The number of benzene rings is 1. The van der Waals surface area contributed by atoms with Gasteiger partial charge in [0.2, 0.25) is 0 Å². The molecule has 0 radical (unpaired) electrons. The number of alkyl halides is 3. The maximum Gasteiger partial charge on any atom is 0.433 e. The summed E-state index contributed by atoms with van der Waals surface area (Å²) in [7, 11) is 0. The molecule has 24 heavy (non-hydrogen) atoms. The zero-order valence-electron chi connectivity index (χ0n) is 12.3. The molecule has 0 aliphatic carbocycles. The Morgan fingerprint density at radius 2 is 1.88 bits per heavy atom. The molecule has 3 heterocycles. The highest BCUT2D eigenvalue weighted by Gasteiger charge is 2.34. The molecule has 1 N–H and O–H groups in total. The van der Waals surface area contributed by atoms with Crippen LogP contribution in [0.3, 0.4) is 0 Å². The first-order valence-corrected chi connectivity index (χ1v) is 7.25. The maximum atomic E-state index is 13.0. The molecule has 0 spiro atoms. The van der Waals surface area contributed by atoms with Crippen LogP contribution in [0.5, 0.6) is 0 Å². The zero-order chi connectivity index (χ0) is 16.7. The fourth-order valence-electron chi connectivity index (χ4n) is 2.79. The average molecular weight is 328 g/mol. The van der Waals surface area contributed by atoms with E-state index in [1.165, 1.54) is 12.3 Å². The Morgan fingerprint density at radius 3 is 2.71 bits per heavy atom. The van der Waals surface area contributed by atoms with E-state index in [-0.39, 0.29) is 5.39 Å². The molecule has 0 aliphatic heterocycles. The minimum Gasteiger partial charge on any atom is -0.279 e. The minimum absolute atomic E-state index is 0.0985. The lowest BCUT2D eigenvalue weighted by atomic mass is 10.0. The molecule has 1 aromatic carbocycles. The third-order valence-corrected chi connectivity index (χ3v) is 3.86. The van der Waals surface area contributed by atoms with E-state index in [0.29, 0.717) is 11.8 Å². The Morgan fingerprint density at radius 1 is 1.00 bits per heavy atom. The SMILES string of the molecule is FC(F)(F)c1nccc2cc(Cc3[nH]nc4cccnc34)ccc12. The van der Waals surface area contributed by atoms with Crippen LogP contribution >= 0.6 is 0 Å². The van der Waals surface area contributed by atoms with Gasteiger partial charge < -0.3 is 0 Å². The minimum atomic E-state index is -4.47. The molecule has 4 nitrogen and oxygen atoms in total. The van der Waals surface area contributed by atoms with Crippen molar-refractivity contribution < 1.29 is 13.2 Å². The van der Waals surface area contributed by atoms with E-state index in [9.17, 15) is 13.2 Å². The largest absolute Gasteiger partial charge is 0.433 e. The van der Waals surface area contributed by atoms with Crippen LogP contribution in [0.4, 0.5) is 13.2 Å². The fraction of sp³-hybridized carbons (Fsp3) is 0.118. The molecular formula is C17H11F3N4. The monoisotopic (exact) mass is 328 g/mol. The van der Waals surface area contributed by atoms with Crippen molar-refractivity contribution in [2.24, 2.45) is 0 Å². The summed E-state index contributed by atoms with van der Waals surface area (Å²) in [6.07, 6.45) is -1.09. The molecule has 0 saturated heterocycles. The molecule has 7 heteroatoms. The first-order chi connectivity index (χ1) is 11.5. The van der Waals surface area contributed by atoms with Crippen molar-refractivity contribution in [3.05, 3.63) is 65.7 Å². The summed E-state index contributed by atoms with van der Waals surface area (Å²) in [6.45, 7) is 0. The summed E-state index contributed by atoms with van der Waals surface area (Å²) in [6, 6.07) is 10.1. The van der Waals surface area contributed by atoms with Gasteiger partial charge in [-0.15, -0.1) is 0 Å². The first-order valence-electron chi connectivity index (χ1n) is 7.25. The number of hydrogen-bond acceptors (Lipinski definition) is 3.